The van der Waals surface area contributed by atoms with Crippen LogP contribution < -0.4 is 10.2 Å². The second-order valence-corrected chi connectivity index (χ2v) is 11.4. The smallest absolute Gasteiger partial charge is 0.244 e. The average molecular weight is 498 g/mol. The molecule has 1 aliphatic rings. The van der Waals surface area contributed by atoms with Gasteiger partial charge in [-0.1, -0.05) is 25.4 Å². The third-order valence-electron chi connectivity index (χ3n) is 5.99. The maximum atomic E-state index is 13.9. The van der Waals surface area contributed by atoms with Gasteiger partial charge in [0.1, 0.15) is 6.04 Å². The number of aryl methyl sites for hydroxylation is 1. The highest BCUT2D eigenvalue weighted by Crippen LogP contribution is 2.40. The summed E-state index contributed by atoms with van der Waals surface area (Å²) in [6, 6.07) is 6.65. The number of halogens is 1. The molecule has 0 bridgehead atoms. The molecular weight excluding hydrogens is 462 g/mol. The highest BCUT2D eigenvalue weighted by molar-refractivity contribution is 6.31. The van der Waals surface area contributed by atoms with E-state index in [1.807, 2.05) is 47.6 Å². The third kappa shape index (κ3) is 8.08. The predicted molar refractivity (Wildman–Crippen MR) is 139 cm³/mol. The van der Waals surface area contributed by atoms with Gasteiger partial charge in [0.05, 0.1) is 6.07 Å². The summed E-state index contributed by atoms with van der Waals surface area (Å²) in [5.41, 5.74) is -0.414. The standard InChI is InChI=1S/C27H36ClN5O2/c1-8-9-13-27(31-32-27)14-11-22(34)33(21-17-19(2)16-20(28)18-21)23(24(35)30-25(3,4)5)26(6,7)12-10-15-29/h1,16-18,23H,9-14H2,2-7H3,(H,30,35). The van der Waals surface area contributed by atoms with Crippen LogP contribution in [0.25, 0.3) is 0 Å². The molecule has 1 atom stereocenters. The maximum absolute atomic E-state index is 13.9. The first-order valence-electron chi connectivity index (χ1n) is 11.9. The van der Waals surface area contributed by atoms with E-state index >= 15 is 0 Å². The SMILES string of the molecule is C#CCCC1(CCC(=O)N(c2cc(C)cc(Cl)c2)C(C(=O)NC(C)(C)C)C(C)(C)CCC#N)N=N1. The number of rotatable bonds is 11. The summed E-state index contributed by atoms with van der Waals surface area (Å²) in [4.78, 5) is 29.1. The van der Waals surface area contributed by atoms with Crippen LogP contribution in [0.15, 0.2) is 28.4 Å². The largest absolute Gasteiger partial charge is 0.350 e. The van der Waals surface area contributed by atoms with Gasteiger partial charge in [-0.2, -0.15) is 15.5 Å². The minimum atomic E-state index is -0.866. The number of nitriles is 1. The molecular formula is C27H36ClN5O2. The van der Waals surface area contributed by atoms with Gasteiger partial charge in [-0.15, -0.1) is 12.3 Å². The molecule has 1 aromatic carbocycles. The fourth-order valence-corrected chi connectivity index (χ4v) is 4.45. The van der Waals surface area contributed by atoms with Crippen molar-refractivity contribution in [1.29, 1.82) is 5.26 Å². The van der Waals surface area contributed by atoms with Gasteiger partial charge in [0.15, 0.2) is 5.66 Å². The molecule has 0 saturated heterocycles. The van der Waals surface area contributed by atoms with E-state index in [4.69, 9.17) is 18.0 Å². The Kier molecular flexibility index (Phi) is 9.09. The third-order valence-corrected chi connectivity index (χ3v) is 6.21. The zero-order chi connectivity index (χ0) is 26.4. The Bertz CT molecular complexity index is 1030. The molecule has 1 N–H and O–H groups in total. The number of carbonyl (C=O) groups is 2. The Morgan fingerprint density at radius 1 is 1.17 bits per heavy atom. The minimum Gasteiger partial charge on any atom is -0.350 e. The molecule has 0 aliphatic carbocycles. The molecule has 1 aliphatic heterocycles. The first-order chi connectivity index (χ1) is 16.2. The highest BCUT2D eigenvalue weighted by Gasteiger charge is 2.45. The monoisotopic (exact) mass is 497 g/mol. The van der Waals surface area contributed by atoms with Crippen molar-refractivity contribution in [3.8, 4) is 18.4 Å². The number of amides is 2. The Labute approximate surface area is 214 Å². The summed E-state index contributed by atoms with van der Waals surface area (Å²) in [5.74, 6) is 2.08. The first-order valence-corrected chi connectivity index (χ1v) is 12.3. The van der Waals surface area contributed by atoms with Crippen molar-refractivity contribution in [2.75, 3.05) is 4.90 Å². The molecule has 1 aromatic rings. The van der Waals surface area contributed by atoms with E-state index in [1.165, 1.54) is 0 Å². The molecule has 1 unspecified atom stereocenters. The fourth-order valence-electron chi connectivity index (χ4n) is 4.16. The van der Waals surface area contributed by atoms with Crippen molar-refractivity contribution in [2.45, 2.75) is 97.3 Å². The fraction of sp³-hybridized carbons (Fsp3) is 0.593. The molecule has 2 amide bonds. The van der Waals surface area contributed by atoms with Crippen molar-refractivity contribution < 1.29 is 9.59 Å². The van der Waals surface area contributed by atoms with Crippen molar-refractivity contribution in [1.82, 2.24) is 5.32 Å². The van der Waals surface area contributed by atoms with Crippen LogP contribution in [0.3, 0.4) is 0 Å². The van der Waals surface area contributed by atoms with Crippen molar-refractivity contribution in [2.24, 2.45) is 15.6 Å². The number of hydrogen-bond donors (Lipinski definition) is 1. The second kappa shape index (κ2) is 11.2. The molecule has 0 aromatic heterocycles. The van der Waals surface area contributed by atoms with E-state index < -0.39 is 22.7 Å². The molecule has 0 spiro atoms. The zero-order valence-electron chi connectivity index (χ0n) is 21.6. The van der Waals surface area contributed by atoms with Gasteiger partial charge in [-0.3, -0.25) is 14.5 Å². The molecule has 7 nitrogen and oxygen atoms in total. The molecule has 1 heterocycles. The minimum absolute atomic E-state index is 0.136. The van der Waals surface area contributed by atoms with Crippen LogP contribution in [0, 0.1) is 36.0 Å². The van der Waals surface area contributed by atoms with E-state index in [0.29, 0.717) is 36.4 Å². The quantitative estimate of drug-likeness (QED) is 0.382. The number of terminal acetylenes is 1. The van der Waals surface area contributed by atoms with Crippen LogP contribution in [0.5, 0.6) is 0 Å². The van der Waals surface area contributed by atoms with E-state index in [1.54, 1.807) is 17.0 Å². The average Bonchev–Trinajstić information content (AvgIpc) is 3.50. The van der Waals surface area contributed by atoms with Crippen LogP contribution in [0.2, 0.25) is 5.02 Å². The van der Waals surface area contributed by atoms with Crippen molar-refractivity contribution >= 4 is 29.1 Å². The summed E-state index contributed by atoms with van der Waals surface area (Å²) in [6.07, 6.45) is 7.76. The maximum Gasteiger partial charge on any atom is 0.244 e. The Balaban J connectivity index is 2.52. The Hall–Kier alpha value is -2.90. The van der Waals surface area contributed by atoms with E-state index in [-0.39, 0.29) is 24.7 Å². The van der Waals surface area contributed by atoms with E-state index in [0.717, 1.165) is 5.56 Å². The molecule has 188 valence electrons. The van der Waals surface area contributed by atoms with Gasteiger partial charge < -0.3 is 5.32 Å². The van der Waals surface area contributed by atoms with E-state index in [2.05, 4.69) is 27.5 Å². The zero-order valence-corrected chi connectivity index (χ0v) is 22.4. The number of nitrogens with one attached hydrogen (secondary N) is 1. The number of benzene rings is 1. The van der Waals surface area contributed by atoms with Crippen LogP contribution in [-0.4, -0.2) is 29.1 Å². The van der Waals surface area contributed by atoms with Gasteiger partial charge in [-0.25, -0.2) is 0 Å². The molecule has 2 rings (SSSR count). The van der Waals surface area contributed by atoms with Gasteiger partial charge in [0, 0.05) is 48.4 Å². The van der Waals surface area contributed by atoms with Crippen molar-refractivity contribution in [3.05, 3.63) is 28.8 Å². The molecule has 0 radical (unpaired) electrons. The topological polar surface area (TPSA) is 97.9 Å². The highest BCUT2D eigenvalue weighted by atomic mass is 35.5. The number of hydrogen-bond acceptors (Lipinski definition) is 5. The van der Waals surface area contributed by atoms with Gasteiger partial charge >= 0.3 is 0 Å². The lowest BCUT2D eigenvalue weighted by Gasteiger charge is -2.42. The number of anilines is 1. The normalized spacial score (nSPS) is 15.0. The molecule has 35 heavy (non-hydrogen) atoms. The van der Waals surface area contributed by atoms with Gasteiger partial charge in [-0.05, 0) is 63.3 Å². The van der Waals surface area contributed by atoms with Crippen LogP contribution in [-0.2, 0) is 9.59 Å². The Morgan fingerprint density at radius 3 is 2.34 bits per heavy atom. The summed E-state index contributed by atoms with van der Waals surface area (Å²) in [5, 5.41) is 21.0. The Morgan fingerprint density at radius 2 is 1.83 bits per heavy atom. The van der Waals surface area contributed by atoms with Crippen LogP contribution >= 0.6 is 11.6 Å². The predicted octanol–water partition coefficient (Wildman–Crippen LogP) is 5.95. The van der Waals surface area contributed by atoms with E-state index in [9.17, 15) is 14.9 Å². The summed E-state index contributed by atoms with van der Waals surface area (Å²) >= 11 is 6.37. The molecule has 0 fully saturated rings. The summed E-state index contributed by atoms with van der Waals surface area (Å²) in [6.45, 7) is 11.4. The van der Waals surface area contributed by atoms with Crippen LogP contribution in [0.1, 0.15) is 78.7 Å². The second-order valence-electron chi connectivity index (χ2n) is 10.9. The lowest BCUT2D eigenvalue weighted by atomic mass is 9.78. The number of carbonyl (C=O) groups excluding carboxylic acids is 2. The lowest BCUT2D eigenvalue weighted by Crippen LogP contribution is -2.59. The summed E-state index contributed by atoms with van der Waals surface area (Å²) in [7, 11) is 0. The number of nitrogens with zero attached hydrogens (tertiary/aromatic N) is 4. The summed E-state index contributed by atoms with van der Waals surface area (Å²) < 4.78 is 0. The van der Waals surface area contributed by atoms with Gasteiger partial charge in [0.2, 0.25) is 11.8 Å². The molecule has 8 heteroatoms. The lowest BCUT2D eigenvalue weighted by molar-refractivity contribution is -0.130. The van der Waals surface area contributed by atoms with Gasteiger partial charge in [0.25, 0.3) is 0 Å². The molecule has 0 saturated carbocycles. The van der Waals surface area contributed by atoms with Crippen LogP contribution in [0.4, 0.5) is 5.69 Å². The first kappa shape index (κ1) is 28.3. The van der Waals surface area contributed by atoms with Crippen molar-refractivity contribution in [3.63, 3.8) is 0 Å².